The zero-order valence-corrected chi connectivity index (χ0v) is 16.2. The zero-order valence-electron chi connectivity index (χ0n) is 11.9. The first kappa shape index (κ1) is 17.9. The van der Waals surface area contributed by atoms with E-state index in [1.807, 2.05) is 0 Å². The van der Waals surface area contributed by atoms with Crippen LogP contribution >= 0.6 is 45.2 Å². The molecule has 1 saturated heterocycles. The van der Waals surface area contributed by atoms with Crippen LogP contribution in [0, 0.1) is 7.14 Å². The molecule has 2 N–H and O–H groups in total. The van der Waals surface area contributed by atoms with Crippen LogP contribution in [-0.2, 0) is 9.53 Å². The average molecular weight is 529 g/mol. The molecule has 0 aliphatic carbocycles. The molecule has 8 heteroatoms. The number of ether oxygens (including phenoxy) is 1. The molecule has 1 aliphatic heterocycles. The van der Waals surface area contributed by atoms with Crippen molar-refractivity contribution in [3.8, 4) is 5.75 Å². The number of aromatic hydroxyl groups is 1. The van der Waals surface area contributed by atoms with Crippen molar-refractivity contribution in [1.82, 2.24) is 10.3 Å². The fraction of sp³-hybridized carbons (Fsp3) is 0.429. The lowest BCUT2D eigenvalue weighted by Crippen LogP contribution is -2.38. The van der Waals surface area contributed by atoms with Crippen LogP contribution in [0.15, 0.2) is 17.2 Å². The van der Waals surface area contributed by atoms with Gasteiger partial charge in [0.15, 0.2) is 0 Å². The Balaban J connectivity index is 1.78. The third-order valence-corrected chi connectivity index (χ3v) is 4.85. The Morgan fingerprint density at radius 1 is 1.36 bits per heavy atom. The molecule has 0 atom stereocenters. The van der Waals surface area contributed by atoms with Crippen molar-refractivity contribution in [2.75, 3.05) is 32.8 Å². The summed E-state index contributed by atoms with van der Waals surface area (Å²) < 4.78 is 6.77. The summed E-state index contributed by atoms with van der Waals surface area (Å²) in [6, 6.07) is 3.61. The number of benzene rings is 1. The molecule has 22 heavy (non-hydrogen) atoms. The highest BCUT2D eigenvalue weighted by atomic mass is 127. The van der Waals surface area contributed by atoms with Gasteiger partial charge in [0, 0.05) is 26.1 Å². The predicted molar refractivity (Wildman–Crippen MR) is 101 cm³/mol. The van der Waals surface area contributed by atoms with Crippen LogP contribution in [-0.4, -0.2) is 55.0 Å². The quantitative estimate of drug-likeness (QED) is 0.347. The molecule has 0 bridgehead atoms. The third-order valence-electron chi connectivity index (χ3n) is 3.20. The maximum atomic E-state index is 11.7. The number of phenols is 1. The van der Waals surface area contributed by atoms with Crippen molar-refractivity contribution in [3.05, 3.63) is 24.8 Å². The Morgan fingerprint density at radius 3 is 2.64 bits per heavy atom. The van der Waals surface area contributed by atoms with Gasteiger partial charge in [-0.2, -0.15) is 5.10 Å². The summed E-state index contributed by atoms with van der Waals surface area (Å²) in [6.45, 7) is 3.94. The number of hydrogen-bond donors (Lipinski definition) is 2. The lowest BCUT2D eigenvalue weighted by atomic mass is 10.2. The van der Waals surface area contributed by atoms with Crippen molar-refractivity contribution < 1.29 is 14.6 Å². The molecular weight excluding hydrogens is 512 g/mol. The number of nitrogens with zero attached hydrogens (tertiary/aromatic N) is 2. The summed E-state index contributed by atoms with van der Waals surface area (Å²) >= 11 is 4.12. The minimum Gasteiger partial charge on any atom is -0.506 e. The highest BCUT2D eigenvalue weighted by Crippen LogP contribution is 2.26. The lowest BCUT2D eigenvalue weighted by molar-refractivity contribution is -0.121. The van der Waals surface area contributed by atoms with Gasteiger partial charge in [-0.05, 0) is 62.9 Å². The molecule has 6 nitrogen and oxygen atoms in total. The van der Waals surface area contributed by atoms with Gasteiger partial charge in [-0.3, -0.25) is 9.69 Å². The highest BCUT2D eigenvalue weighted by molar-refractivity contribution is 14.1. The summed E-state index contributed by atoms with van der Waals surface area (Å²) in [5.74, 6) is 0.166. The maximum absolute atomic E-state index is 11.7. The Kier molecular flexibility index (Phi) is 7.31. The smallest absolute Gasteiger partial charge is 0.241 e. The molecule has 0 radical (unpaired) electrons. The van der Waals surface area contributed by atoms with Crippen LogP contribution in [0.3, 0.4) is 0 Å². The first-order chi connectivity index (χ1) is 10.6. The van der Waals surface area contributed by atoms with Gasteiger partial charge in [0.05, 0.1) is 26.6 Å². The summed E-state index contributed by atoms with van der Waals surface area (Å²) in [4.78, 5) is 13.9. The van der Waals surface area contributed by atoms with Gasteiger partial charge < -0.3 is 9.84 Å². The van der Waals surface area contributed by atoms with E-state index in [0.717, 1.165) is 45.6 Å². The number of amides is 1. The van der Waals surface area contributed by atoms with E-state index in [-0.39, 0.29) is 11.7 Å². The van der Waals surface area contributed by atoms with E-state index in [1.54, 1.807) is 18.3 Å². The number of carbonyl (C=O) groups excluding carboxylic acids is 1. The minimum atomic E-state index is -0.106. The van der Waals surface area contributed by atoms with Crippen molar-refractivity contribution in [2.24, 2.45) is 5.10 Å². The van der Waals surface area contributed by atoms with Crippen LogP contribution in [0.2, 0.25) is 0 Å². The molecule has 1 fully saturated rings. The molecule has 0 aromatic heterocycles. The monoisotopic (exact) mass is 529 g/mol. The van der Waals surface area contributed by atoms with Crippen LogP contribution in [0.1, 0.15) is 12.0 Å². The number of rotatable bonds is 5. The zero-order chi connectivity index (χ0) is 15.9. The first-order valence-corrected chi connectivity index (χ1v) is 9.02. The largest absolute Gasteiger partial charge is 0.506 e. The second-order valence-electron chi connectivity index (χ2n) is 4.83. The topological polar surface area (TPSA) is 74.2 Å². The van der Waals surface area contributed by atoms with Gasteiger partial charge in [0.2, 0.25) is 5.91 Å². The van der Waals surface area contributed by atoms with Crippen molar-refractivity contribution in [2.45, 2.75) is 6.42 Å². The standard InChI is InChI=1S/C14H17I2N3O3/c15-11-7-10(8-12(16)14(11)21)9-17-18-13(20)1-2-19-3-5-22-6-4-19/h7-9,21H,1-6H2,(H,18,20)/b17-9-. The molecule has 1 aromatic rings. The molecule has 1 aliphatic rings. The summed E-state index contributed by atoms with van der Waals surface area (Å²) in [5.41, 5.74) is 3.36. The van der Waals surface area contributed by atoms with Crippen LogP contribution in [0.5, 0.6) is 5.75 Å². The number of hydrogen-bond acceptors (Lipinski definition) is 5. The molecule has 0 unspecified atom stereocenters. The minimum absolute atomic E-state index is 0.106. The number of hydrazone groups is 1. The predicted octanol–water partition coefficient (Wildman–Crippen LogP) is 1.77. The first-order valence-electron chi connectivity index (χ1n) is 6.86. The van der Waals surface area contributed by atoms with Gasteiger partial charge in [0.25, 0.3) is 0 Å². The van der Waals surface area contributed by atoms with E-state index in [1.165, 1.54) is 0 Å². The van der Waals surface area contributed by atoms with E-state index in [0.29, 0.717) is 6.42 Å². The number of carbonyl (C=O) groups is 1. The maximum Gasteiger partial charge on any atom is 0.241 e. The Hall–Kier alpha value is -0.460. The van der Waals surface area contributed by atoms with Crippen LogP contribution < -0.4 is 5.43 Å². The van der Waals surface area contributed by atoms with Gasteiger partial charge in [-0.25, -0.2) is 5.43 Å². The average Bonchev–Trinajstić information content (AvgIpc) is 2.51. The second kappa shape index (κ2) is 8.99. The van der Waals surface area contributed by atoms with Gasteiger partial charge >= 0.3 is 0 Å². The number of nitrogens with one attached hydrogen (secondary N) is 1. The van der Waals surface area contributed by atoms with E-state index < -0.39 is 0 Å². The number of halogens is 2. The van der Waals surface area contributed by atoms with E-state index in [9.17, 15) is 9.90 Å². The summed E-state index contributed by atoms with van der Waals surface area (Å²) in [6.07, 6.45) is 2.00. The lowest BCUT2D eigenvalue weighted by Gasteiger charge is -2.25. The Bertz CT molecular complexity index is 537. The van der Waals surface area contributed by atoms with E-state index in [4.69, 9.17) is 4.74 Å². The van der Waals surface area contributed by atoms with Gasteiger partial charge in [-0.1, -0.05) is 0 Å². The second-order valence-corrected chi connectivity index (χ2v) is 7.15. The molecule has 1 aromatic carbocycles. The fourth-order valence-electron chi connectivity index (χ4n) is 1.98. The number of morpholine rings is 1. The third kappa shape index (κ3) is 5.63. The molecule has 0 spiro atoms. The van der Waals surface area contributed by atoms with Crippen LogP contribution in [0.4, 0.5) is 0 Å². The summed E-state index contributed by atoms with van der Waals surface area (Å²) in [5, 5.41) is 13.7. The Morgan fingerprint density at radius 2 is 2.00 bits per heavy atom. The SMILES string of the molecule is O=C(CCN1CCOCC1)N/N=C\c1cc(I)c(O)c(I)c1. The molecule has 0 saturated carbocycles. The van der Waals surface area contributed by atoms with Crippen molar-refractivity contribution >= 4 is 57.3 Å². The molecule has 1 heterocycles. The molecular formula is C14H17I2N3O3. The normalized spacial score (nSPS) is 16.1. The molecule has 2 rings (SSSR count). The fourth-order valence-corrected chi connectivity index (χ4v) is 3.80. The van der Waals surface area contributed by atoms with Crippen molar-refractivity contribution in [3.63, 3.8) is 0 Å². The summed E-state index contributed by atoms with van der Waals surface area (Å²) in [7, 11) is 0. The molecule has 1 amide bonds. The number of phenolic OH excluding ortho intramolecular Hbond substituents is 1. The van der Waals surface area contributed by atoms with Gasteiger partial charge in [0.1, 0.15) is 5.75 Å². The highest BCUT2D eigenvalue weighted by Gasteiger charge is 2.11. The van der Waals surface area contributed by atoms with Crippen molar-refractivity contribution in [1.29, 1.82) is 0 Å². The Labute approximate surface area is 156 Å². The van der Waals surface area contributed by atoms with E-state index in [2.05, 4.69) is 60.6 Å². The molecule has 120 valence electrons. The van der Waals surface area contributed by atoms with Gasteiger partial charge in [-0.15, -0.1) is 0 Å². The van der Waals surface area contributed by atoms with Crippen LogP contribution in [0.25, 0.3) is 0 Å². The van der Waals surface area contributed by atoms with E-state index >= 15 is 0 Å².